The maximum atomic E-state index is 13.3. The highest BCUT2D eigenvalue weighted by atomic mass is 19.4. The van der Waals surface area contributed by atoms with Gasteiger partial charge in [-0.1, -0.05) is 6.92 Å². The van der Waals surface area contributed by atoms with Gasteiger partial charge in [-0.15, -0.1) is 13.2 Å². The van der Waals surface area contributed by atoms with Gasteiger partial charge in [0.05, 0.1) is 28.7 Å². The number of piperazine rings is 1. The molecule has 208 valence electrons. The Labute approximate surface area is 224 Å². The molecule has 39 heavy (non-hydrogen) atoms. The van der Waals surface area contributed by atoms with Crippen LogP contribution in [0.3, 0.4) is 0 Å². The van der Waals surface area contributed by atoms with Gasteiger partial charge in [-0.3, -0.25) is 9.78 Å². The van der Waals surface area contributed by atoms with Gasteiger partial charge in [-0.2, -0.15) is 0 Å². The number of halogens is 3. The first kappa shape index (κ1) is 26.9. The summed E-state index contributed by atoms with van der Waals surface area (Å²) in [6.07, 6.45) is 0.797. The van der Waals surface area contributed by atoms with Crippen molar-refractivity contribution < 1.29 is 22.7 Å². The topological polar surface area (TPSA) is 101 Å². The summed E-state index contributed by atoms with van der Waals surface area (Å²) in [5.41, 5.74) is 9.16. The second kappa shape index (κ2) is 10.5. The number of amides is 1. The van der Waals surface area contributed by atoms with Crippen LogP contribution in [0.25, 0.3) is 11.0 Å². The third-order valence-electron chi connectivity index (χ3n) is 7.77. The van der Waals surface area contributed by atoms with Crippen LogP contribution >= 0.6 is 0 Å². The molecule has 2 N–H and O–H groups in total. The van der Waals surface area contributed by atoms with E-state index in [4.69, 9.17) is 10.7 Å². The number of hydrogen-bond donors (Lipinski definition) is 1. The number of likely N-dealkylation sites (N-methyl/N-ethyl adjacent to an activating group) is 1. The lowest BCUT2D eigenvalue weighted by atomic mass is 9.79. The number of nitrogens with zero attached hydrogens (tertiary/aromatic N) is 6. The fourth-order valence-electron chi connectivity index (χ4n) is 5.43. The van der Waals surface area contributed by atoms with E-state index in [2.05, 4.69) is 44.5 Å². The highest BCUT2D eigenvalue weighted by Gasteiger charge is 2.35. The van der Waals surface area contributed by atoms with Gasteiger partial charge >= 0.3 is 6.36 Å². The summed E-state index contributed by atoms with van der Waals surface area (Å²) < 4.78 is 41.5. The van der Waals surface area contributed by atoms with E-state index in [1.807, 2.05) is 6.20 Å². The van der Waals surface area contributed by atoms with Crippen LogP contribution in [0.2, 0.25) is 0 Å². The van der Waals surface area contributed by atoms with Crippen molar-refractivity contribution in [3.05, 3.63) is 48.0 Å². The Morgan fingerprint density at radius 1 is 1.03 bits per heavy atom. The van der Waals surface area contributed by atoms with E-state index in [-0.39, 0.29) is 22.6 Å². The Bertz CT molecular complexity index is 1360. The predicted octanol–water partition coefficient (Wildman–Crippen LogP) is 3.84. The number of fused-ring (bicyclic) bond motifs is 1. The summed E-state index contributed by atoms with van der Waals surface area (Å²) in [5.74, 6) is -0.781. The average molecular weight is 544 g/mol. The normalized spacial score (nSPS) is 21.2. The zero-order valence-corrected chi connectivity index (χ0v) is 22.0. The average Bonchev–Trinajstić information content (AvgIpc) is 3.09. The van der Waals surface area contributed by atoms with E-state index < -0.39 is 12.1 Å². The smallest absolute Gasteiger partial charge is 0.406 e. The van der Waals surface area contributed by atoms with E-state index >= 15 is 0 Å². The third kappa shape index (κ3) is 5.85. The molecular weight excluding hydrogens is 511 g/mol. The number of ether oxygens (including phenoxy) is 1. The largest absolute Gasteiger partial charge is 0.573 e. The van der Waals surface area contributed by atoms with Crippen molar-refractivity contribution >= 4 is 28.3 Å². The molecule has 9 nitrogen and oxygen atoms in total. The molecule has 0 radical (unpaired) electrons. The van der Waals surface area contributed by atoms with Crippen LogP contribution < -0.4 is 15.4 Å². The molecule has 0 saturated carbocycles. The molecule has 4 heterocycles. The van der Waals surface area contributed by atoms with E-state index in [1.54, 1.807) is 11.2 Å². The summed E-state index contributed by atoms with van der Waals surface area (Å²) in [5, 5.41) is 0. The first-order valence-corrected chi connectivity index (χ1v) is 13.0. The summed E-state index contributed by atoms with van der Waals surface area (Å²) >= 11 is 0. The SMILES string of the molecule is CN1CCN(c2cnc3c(C4(C)CCCN(C(=O)c5ccc(OC(F)(F)F)cc5N)CC4)ncnc3c2)CC1. The molecule has 3 aromatic rings. The Hall–Kier alpha value is -3.67. The summed E-state index contributed by atoms with van der Waals surface area (Å²) in [6, 6.07) is 5.48. The van der Waals surface area contributed by atoms with E-state index in [0.29, 0.717) is 19.5 Å². The quantitative estimate of drug-likeness (QED) is 0.496. The molecule has 0 bridgehead atoms. The van der Waals surface area contributed by atoms with Crippen molar-refractivity contribution in [3.8, 4) is 5.75 Å². The number of hydrogen-bond acceptors (Lipinski definition) is 8. The lowest BCUT2D eigenvalue weighted by Crippen LogP contribution is -2.44. The number of benzene rings is 1. The van der Waals surface area contributed by atoms with Crippen LogP contribution in [0.4, 0.5) is 24.5 Å². The molecule has 1 aromatic carbocycles. The minimum atomic E-state index is -4.83. The molecule has 12 heteroatoms. The first-order chi connectivity index (χ1) is 18.5. The Balaban J connectivity index is 1.33. The van der Waals surface area contributed by atoms with Crippen LogP contribution in [0.5, 0.6) is 5.75 Å². The minimum absolute atomic E-state index is 0.0593. The summed E-state index contributed by atoms with van der Waals surface area (Å²) in [6.45, 7) is 6.95. The van der Waals surface area contributed by atoms with E-state index in [0.717, 1.165) is 73.6 Å². The number of nitrogens with two attached hydrogens (primary N) is 1. The molecule has 5 rings (SSSR count). The number of nitrogen functional groups attached to an aromatic ring is 1. The molecular formula is C27H32F3N7O2. The molecule has 2 saturated heterocycles. The van der Waals surface area contributed by atoms with Crippen LogP contribution in [0.15, 0.2) is 36.8 Å². The number of likely N-dealkylation sites (tertiary alicyclic amines) is 1. The van der Waals surface area contributed by atoms with E-state index in [9.17, 15) is 18.0 Å². The first-order valence-electron chi connectivity index (χ1n) is 13.0. The number of carbonyl (C=O) groups is 1. The fraction of sp³-hybridized carbons (Fsp3) is 0.481. The van der Waals surface area contributed by atoms with Gasteiger partial charge in [0, 0.05) is 56.4 Å². The van der Waals surface area contributed by atoms with E-state index in [1.165, 1.54) is 6.07 Å². The molecule has 0 spiro atoms. The van der Waals surface area contributed by atoms with Gasteiger partial charge in [0.25, 0.3) is 5.91 Å². The Kier molecular flexibility index (Phi) is 7.23. The number of pyridine rings is 1. The lowest BCUT2D eigenvalue weighted by molar-refractivity contribution is -0.274. The molecule has 1 amide bonds. The molecule has 1 unspecified atom stereocenters. The van der Waals surface area contributed by atoms with Crippen LogP contribution in [-0.2, 0) is 5.41 Å². The fourth-order valence-corrected chi connectivity index (χ4v) is 5.43. The number of alkyl halides is 3. The van der Waals surface area contributed by atoms with Crippen LogP contribution in [-0.4, -0.2) is 83.3 Å². The number of rotatable bonds is 4. The number of anilines is 2. The monoisotopic (exact) mass is 543 g/mol. The van der Waals surface area contributed by atoms with Gasteiger partial charge in [0.15, 0.2) is 0 Å². The number of carbonyl (C=O) groups excluding carboxylic acids is 1. The molecule has 1 atom stereocenters. The highest BCUT2D eigenvalue weighted by molar-refractivity contribution is 5.99. The Morgan fingerprint density at radius 3 is 2.51 bits per heavy atom. The zero-order valence-electron chi connectivity index (χ0n) is 22.0. The molecule has 0 aliphatic carbocycles. The molecule has 2 fully saturated rings. The van der Waals surface area contributed by atoms with Gasteiger partial charge in [0.2, 0.25) is 0 Å². The molecule has 2 aliphatic heterocycles. The summed E-state index contributed by atoms with van der Waals surface area (Å²) in [7, 11) is 2.12. The van der Waals surface area contributed by atoms with Crippen LogP contribution in [0, 0.1) is 0 Å². The van der Waals surface area contributed by atoms with Crippen molar-refractivity contribution in [1.29, 1.82) is 0 Å². The Morgan fingerprint density at radius 2 is 1.79 bits per heavy atom. The van der Waals surface area contributed by atoms with Gasteiger partial charge in [-0.05, 0) is 44.5 Å². The number of aromatic nitrogens is 3. The van der Waals surface area contributed by atoms with Crippen molar-refractivity contribution in [2.45, 2.75) is 38.0 Å². The third-order valence-corrected chi connectivity index (χ3v) is 7.77. The minimum Gasteiger partial charge on any atom is -0.406 e. The lowest BCUT2D eigenvalue weighted by Gasteiger charge is -2.34. The van der Waals surface area contributed by atoms with Gasteiger partial charge in [0.1, 0.15) is 17.6 Å². The second-order valence-corrected chi connectivity index (χ2v) is 10.6. The molecule has 2 aromatic heterocycles. The standard InChI is InChI=1S/C27H32F3N7O2/c1-26(24-23-22(33-17-34-24)14-18(16-32-23)36-12-10-35(2)11-13-36)6-3-8-37(9-7-26)25(38)20-5-4-19(15-21(20)31)39-27(28,29)30/h4-5,14-17H,3,6-13,31H2,1-2H3. The highest BCUT2D eigenvalue weighted by Crippen LogP contribution is 2.37. The summed E-state index contributed by atoms with van der Waals surface area (Å²) in [4.78, 5) is 33.6. The maximum Gasteiger partial charge on any atom is 0.573 e. The predicted molar refractivity (Wildman–Crippen MR) is 142 cm³/mol. The van der Waals surface area contributed by atoms with Crippen molar-refractivity contribution in [1.82, 2.24) is 24.8 Å². The van der Waals surface area contributed by atoms with Crippen LogP contribution in [0.1, 0.15) is 42.2 Å². The second-order valence-electron chi connectivity index (χ2n) is 10.6. The zero-order chi connectivity index (χ0) is 27.8. The maximum absolute atomic E-state index is 13.3. The molecule has 2 aliphatic rings. The van der Waals surface area contributed by atoms with Gasteiger partial charge in [-0.25, -0.2) is 9.97 Å². The van der Waals surface area contributed by atoms with Crippen molar-refractivity contribution in [3.63, 3.8) is 0 Å². The van der Waals surface area contributed by atoms with Crippen molar-refractivity contribution in [2.24, 2.45) is 0 Å². The van der Waals surface area contributed by atoms with Gasteiger partial charge < -0.3 is 25.2 Å². The van der Waals surface area contributed by atoms with Crippen molar-refractivity contribution in [2.75, 3.05) is 56.9 Å².